The maximum Gasteiger partial charge on any atom is 0.141 e. The summed E-state index contributed by atoms with van der Waals surface area (Å²) in [7, 11) is 0. The van der Waals surface area contributed by atoms with Gasteiger partial charge in [-0.25, -0.2) is 4.39 Å². The number of benzene rings is 1. The smallest absolute Gasteiger partial charge is 0.141 e. The van der Waals surface area contributed by atoms with E-state index in [0.29, 0.717) is 6.54 Å². The molecule has 0 amide bonds. The van der Waals surface area contributed by atoms with Crippen molar-refractivity contribution in [3.05, 3.63) is 65.7 Å². The molecule has 20 heavy (non-hydrogen) atoms. The second-order valence-electron chi connectivity index (χ2n) is 5.14. The average molecular weight is 274 g/mol. The predicted molar refractivity (Wildman–Crippen MR) is 76.6 cm³/mol. The Morgan fingerprint density at radius 1 is 1.25 bits per heavy atom. The van der Waals surface area contributed by atoms with Gasteiger partial charge in [-0.15, -0.1) is 0 Å². The number of halogens is 1. The van der Waals surface area contributed by atoms with Crippen LogP contribution in [0.3, 0.4) is 0 Å². The lowest BCUT2D eigenvalue weighted by atomic mass is 9.96. The molecule has 0 aliphatic carbocycles. The number of hydrogen-bond donors (Lipinski definition) is 2. The highest BCUT2D eigenvalue weighted by Gasteiger charge is 2.23. The molecule has 1 aromatic carbocycles. The van der Waals surface area contributed by atoms with Gasteiger partial charge in [0, 0.05) is 12.6 Å². The highest BCUT2D eigenvalue weighted by Crippen LogP contribution is 2.20. The van der Waals surface area contributed by atoms with Gasteiger partial charge in [-0.2, -0.15) is 0 Å². The first-order valence-corrected chi connectivity index (χ1v) is 6.62. The van der Waals surface area contributed by atoms with Crippen molar-refractivity contribution in [2.75, 3.05) is 6.54 Å². The molecule has 1 aromatic heterocycles. The van der Waals surface area contributed by atoms with Crippen molar-refractivity contribution in [2.45, 2.75) is 25.5 Å². The monoisotopic (exact) mass is 274 g/mol. The maximum atomic E-state index is 12.8. The summed E-state index contributed by atoms with van der Waals surface area (Å²) in [5, 5.41) is 13.7. The Morgan fingerprint density at radius 2 is 1.95 bits per heavy atom. The van der Waals surface area contributed by atoms with E-state index in [4.69, 9.17) is 0 Å². The Balaban J connectivity index is 1.99. The summed E-state index contributed by atoms with van der Waals surface area (Å²) in [6.07, 6.45) is 1.20. The molecule has 2 aromatic rings. The summed E-state index contributed by atoms with van der Waals surface area (Å²) in [5.41, 5.74) is 0.636. The minimum absolute atomic E-state index is 0.0641. The summed E-state index contributed by atoms with van der Waals surface area (Å²) in [6.45, 7) is 4.08. The number of rotatable bonds is 5. The van der Waals surface area contributed by atoms with Gasteiger partial charge in [0.25, 0.3) is 0 Å². The van der Waals surface area contributed by atoms with Crippen LogP contribution in [-0.2, 0) is 5.60 Å². The van der Waals surface area contributed by atoms with Crippen LogP contribution in [0.25, 0.3) is 0 Å². The zero-order chi connectivity index (χ0) is 14.6. The third-order valence-electron chi connectivity index (χ3n) is 3.34. The number of nitrogens with one attached hydrogen (secondary N) is 1. The van der Waals surface area contributed by atoms with Gasteiger partial charge >= 0.3 is 0 Å². The van der Waals surface area contributed by atoms with Crippen LogP contribution >= 0.6 is 0 Å². The fourth-order valence-corrected chi connectivity index (χ4v) is 2.00. The molecule has 0 radical (unpaired) electrons. The summed E-state index contributed by atoms with van der Waals surface area (Å²) >= 11 is 0. The Labute approximate surface area is 118 Å². The van der Waals surface area contributed by atoms with Crippen molar-refractivity contribution in [1.82, 2.24) is 10.3 Å². The fraction of sp³-hybridized carbons (Fsp3) is 0.312. The van der Waals surface area contributed by atoms with Gasteiger partial charge in [-0.05, 0) is 31.5 Å². The van der Waals surface area contributed by atoms with Crippen molar-refractivity contribution >= 4 is 0 Å². The Hall–Kier alpha value is -1.78. The highest BCUT2D eigenvalue weighted by atomic mass is 19.1. The van der Waals surface area contributed by atoms with E-state index in [9.17, 15) is 9.50 Å². The predicted octanol–water partition coefficient (Wildman–Crippen LogP) is 2.78. The van der Waals surface area contributed by atoms with Crippen molar-refractivity contribution in [1.29, 1.82) is 0 Å². The molecule has 0 aliphatic heterocycles. The lowest BCUT2D eigenvalue weighted by Gasteiger charge is -2.26. The molecule has 0 saturated heterocycles. The van der Waals surface area contributed by atoms with Crippen molar-refractivity contribution in [2.24, 2.45) is 0 Å². The molecule has 0 saturated carbocycles. The van der Waals surface area contributed by atoms with Crippen molar-refractivity contribution < 1.29 is 9.50 Å². The SMILES string of the molecule is CC(NCC(C)(O)c1ccccc1)c1ccc(F)cn1. The quantitative estimate of drug-likeness (QED) is 0.881. The summed E-state index contributed by atoms with van der Waals surface area (Å²) in [4.78, 5) is 4.03. The van der Waals surface area contributed by atoms with Gasteiger partial charge in [0.15, 0.2) is 0 Å². The van der Waals surface area contributed by atoms with Crippen LogP contribution in [0.15, 0.2) is 48.7 Å². The molecule has 2 rings (SSSR count). The highest BCUT2D eigenvalue weighted by molar-refractivity contribution is 5.22. The molecule has 1 heterocycles. The van der Waals surface area contributed by atoms with E-state index in [1.807, 2.05) is 37.3 Å². The Morgan fingerprint density at radius 3 is 2.55 bits per heavy atom. The number of aromatic nitrogens is 1. The van der Waals surface area contributed by atoms with Gasteiger partial charge in [0.2, 0.25) is 0 Å². The first kappa shape index (κ1) is 14.6. The van der Waals surface area contributed by atoms with E-state index < -0.39 is 5.60 Å². The van der Waals surface area contributed by atoms with Crippen LogP contribution in [0.1, 0.15) is 31.1 Å². The van der Waals surface area contributed by atoms with Crippen LogP contribution in [0.5, 0.6) is 0 Å². The second-order valence-corrected chi connectivity index (χ2v) is 5.14. The molecule has 106 valence electrons. The summed E-state index contributed by atoms with van der Waals surface area (Å²) in [5.74, 6) is -0.350. The van der Waals surface area contributed by atoms with E-state index in [-0.39, 0.29) is 11.9 Å². The number of pyridine rings is 1. The van der Waals surface area contributed by atoms with Crippen LogP contribution in [0, 0.1) is 5.82 Å². The molecule has 2 atom stereocenters. The normalized spacial score (nSPS) is 15.6. The third-order valence-corrected chi connectivity index (χ3v) is 3.34. The van der Waals surface area contributed by atoms with Crippen LogP contribution in [-0.4, -0.2) is 16.6 Å². The molecular formula is C16H19FN2O. The van der Waals surface area contributed by atoms with Gasteiger partial charge in [-0.1, -0.05) is 30.3 Å². The fourth-order valence-electron chi connectivity index (χ4n) is 2.00. The van der Waals surface area contributed by atoms with Gasteiger partial charge in [-0.3, -0.25) is 4.98 Å². The molecule has 2 unspecified atom stereocenters. The molecule has 0 aliphatic rings. The minimum Gasteiger partial charge on any atom is -0.384 e. The average Bonchev–Trinajstić information content (AvgIpc) is 2.46. The summed E-state index contributed by atoms with van der Waals surface area (Å²) < 4.78 is 12.8. The van der Waals surface area contributed by atoms with Gasteiger partial charge < -0.3 is 10.4 Å². The third kappa shape index (κ3) is 3.62. The van der Waals surface area contributed by atoms with Crippen LogP contribution in [0.2, 0.25) is 0 Å². The molecule has 0 spiro atoms. The standard InChI is InChI=1S/C16H19FN2O/c1-12(15-9-8-14(17)10-18-15)19-11-16(2,20)13-6-4-3-5-7-13/h3-10,12,19-20H,11H2,1-2H3. The zero-order valence-corrected chi connectivity index (χ0v) is 11.7. The van der Waals surface area contributed by atoms with E-state index in [1.165, 1.54) is 12.3 Å². The Bertz CT molecular complexity index is 540. The number of aliphatic hydroxyl groups is 1. The molecule has 0 fully saturated rings. The van der Waals surface area contributed by atoms with Crippen molar-refractivity contribution in [3.8, 4) is 0 Å². The molecule has 2 N–H and O–H groups in total. The second kappa shape index (κ2) is 6.11. The molecule has 3 nitrogen and oxygen atoms in total. The molecular weight excluding hydrogens is 255 g/mol. The van der Waals surface area contributed by atoms with Crippen LogP contribution < -0.4 is 5.32 Å². The molecule has 0 bridgehead atoms. The van der Waals surface area contributed by atoms with Crippen LogP contribution in [0.4, 0.5) is 4.39 Å². The number of hydrogen-bond acceptors (Lipinski definition) is 3. The first-order chi connectivity index (χ1) is 9.49. The van der Waals surface area contributed by atoms with E-state index in [1.54, 1.807) is 13.0 Å². The maximum absolute atomic E-state index is 12.8. The number of nitrogens with zero attached hydrogens (tertiary/aromatic N) is 1. The van der Waals surface area contributed by atoms with Gasteiger partial charge in [0.05, 0.1) is 17.5 Å². The summed E-state index contributed by atoms with van der Waals surface area (Å²) in [6, 6.07) is 12.5. The first-order valence-electron chi connectivity index (χ1n) is 6.62. The van der Waals surface area contributed by atoms with E-state index >= 15 is 0 Å². The Kier molecular flexibility index (Phi) is 4.47. The topological polar surface area (TPSA) is 45.1 Å². The van der Waals surface area contributed by atoms with Crippen molar-refractivity contribution in [3.63, 3.8) is 0 Å². The lowest BCUT2D eigenvalue weighted by Crippen LogP contribution is -2.36. The van der Waals surface area contributed by atoms with Gasteiger partial charge in [0.1, 0.15) is 5.82 Å². The largest absolute Gasteiger partial charge is 0.384 e. The van der Waals surface area contributed by atoms with E-state index in [2.05, 4.69) is 10.3 Å². The van der Waals surface area contributed by atoms with E-state index in [0.717, 1.165) is 11.3 Å². The zero-order valence-electron chi connectivity index (χ0n) is 11.7. The lowest BCUT2D eigenvalue weighted by molar-refractivity contribution is 0.0542. The molecule has 4 heteroatoms. The minimum atomic E-state index is -0.963.